The van der Waals surface area contributed by atoms with Crippen LogP contribution in [-0.4, -0.2) is 24.8 Å². The van der Waals surface area contributed by atoms with E-state index in [4.69, 9.17) is 4.43 Å². The van der Waals surface area contributed by atoms with Crippen LogP contribution in [0.25, 0.3) is 0 Å². The van der Waals surface area contributed by atoms with Crippen molar-refractivity contribution in [1.82, 2.24) is 0 Å². The number of thioether (sulfide) groups is 1. The summed E-state index contributed by atoms with van der Waals surface area (Å²) in [6, 6.07) is 0. The third-order valence-electron chi connectivity index (χ3n) is 2.81. The average Bonchev–Trinajstić information content (AvgIpc) is 2.28. The Morgan fingerprint density at radius 3 is 2.73 bits per heavy atom. The Morgan fingerprint density at radius 2 is 2.27 bits per heavy atom. The highest BCUT2D eigenvalue weighted by Gasteiger charge is 2.56. The summed E-state index contributed by atoms with van der Waals surface area (Å²) in [5, 5.41) is 0. The van der Waals surface area contributed by atoms with Gasteiger partial charge in [-0.2, -0.15) is 0 Å². The summed E-state index contributed by atoms with van der Waals surface area (Å²) in [5.41, 5.74) is 0.914. The zero-order chi connectivity index (χ0) is 11.3. The number of ketones is 1. The highest BCUT2D eigenvalue weighted by atomic mass is 32.2. The van der Waals surface area contributed by atoms with Crippen LogP contribution in [0.1, 0.15) is 13.3 Å². The molecule has 2 rings (SSSR count). The minimum Gasteiger partial charge on any atom is -0.399 e. The molecule has 0 N–H and O–H groups in total. The Kier molecular flexibility index (Phi) is 2.64. The molecule has 2 atom stereocenters. The van der Waals surface area contributed by atoms with E-state index in [1.807, 2.05) is 11.8 Å². The van der Waals surface area contributed by atoms with Crippen LogP contribution < -0.4 is 0 Å². The van der Waals surface area contributed by atoms with Crippen LogP contribution in [0.4, 0.5) is 0 Å². The van der Waals surface area contributed by atoms with E-state index in [2.05, 4.69) is 25.7 Å². The molecule has 0 saturated carbocycles. The van der Waals surface area contributed by atoms with Crippen LogP contribution in [-0.2, 0) is 9.22 Å². The van der Waals surface area contributed by atoms with Crippen molar-refractivity contribution in [1.29, 1.82) is 0 Å². The molecule has 1 aliphatic carbocycles. The standard InChI is InChI=1S/C11H18O2SSi/c1-8(12)10-7-9-5-6-14-11(9,10)13-15(2,3)4/h7,9H,5-6H2,1-4H3/t9-,11-/m0/s1. The highest BCUT2D eigenvalue weighted by Crippen LogP contribution is 2.57. The topological polar surface area (TPSA) is 26.3 Å². The van der Waals surface area contributed by atoms with Crippen molar-refractivity contribution in [3.8, 4) is 0 Å². The summed E-state index contributed by atoms with van der Waals surface area (Å²) in [7, 11) is -1.59. The molecule has 2 aliphatic rings. The molecule has 0 aromatic rings. The average molecular weight is 242 g/mol. The van der Waals surface area contributed by atoms with Gasteiger partial charge >= 0.3 is 0 Å². The zero-order valence-electron chi connectivity index (χ0n) is 9.79. The van der Waals surface area contributed by atoms with Crippen LogP contribution in [0.15, 0.2) is 11.6 Å². The second-order valence-electron chi connectivity index (χ2n) is 5.26. The minimum absolute atomic E-state index is 0.180. The van der Waals surface area contributed by atoms with Crippen LogP contribution in [0.3, 0.4) is 0 Å². The van der Waals surface area contributed by atoms with E-state index >= 15 is 0 Å². The molecule has 1 saturated heterocycles. The van der Waals surface area contributed by atoms with Crippen molar-refractivity contribution in [2.75, 3.05) is 5.75 Å². The highest BCUT2D eigenvalue weighted by molar-refractivity contribution is 8.01. The molecule has 0 aromatic carbocycles. The first kappa shape index (κ1) is 11.4. The second kappa shape index (κ2) is 3.47. The summed E-state index contributed by atoms with van der Waals surface area (Å²) < 4.78 is 6.27. The number of hydrogen-bond donors (Lipinski definition) is 0. The first-order valence-electron chi connectivity index (χ1n) is 5.42. The van der Waals surface area contributed by atoms with Crippen LogP contribution in [0, 0.1) is 5.92 Å². The summed E-state index contributed by atoms with van der Waals surface area (Å²) >= 11 is 1.83. The maximum absolute atomic E-state index is 11.5. The molecule has 0 spiro atoms. The van der Waals surface area contributed by atoms with Crippen molar-refractivity contribution in [2.45, 2.75) is 37.9 Å². The number of carbonyl (C=O) groups is 1. The second-order valence-corrected chi connectivity index (χ2v) is 11.0. The molecule has 1 heterocycles. The molecule has 0 aromatic heterocycles. The fourth-order valence-electron chi connectivity index (χ4n) is 2.30. The Balaban J connectivity index is 2.25. The smallest absolute Gasteiger partial charge is 0.186 e. The van der Waals surface area contributed by atoms with Gasteiger partial charge in [0.25, 0.3) is 0 Å². The molecular formula is C11H18O2SSi. The molecular weight excluding hydrogens is 224 g/mol. The van der Waals surface area contributed by atoms with Gasteiger partial charge in [-0.3, -0.25) is 4.79 Å². The Morgan fingerprint density at radius 1 is 1.60 bits per heavy atom. The SMILES string of the molecule is CC(=O)C1=C[C@@H]2CCS[C@]12O[Si](C)(C)C. The van der Waals surface area contributed by atoms with Crippen molar-refractivity contribution in [2.24, 2.45) is 5.92 Å². The molecule has 4 heteroatoms. The van der Waals surface area contributed by atoms with E-state index in [1.165, 1.54) is 0 Å². The van der Waals surface area contributed by atoms with Gasteiger partial charge in [-0.1, -0.05) is 6.08 Å². The number of hydrogen-bond acceptors (Lipinski definition) is 3. The maximum Gasteiger partial charge on any atom is 0.186 e. The van der Waals surface area contributed by atoms with E-state index in [1.54, 1.807) is 6.92 Å². The number of Topliss-reactive ketones (excluding diaryl/α,β-unsaturated/α-hetero) is 1. The van der Waals surface area contributed by atoms with Gasteiger partial charge in [-0.15, -0.1) is 11.8 Å². The lowest BCUT2D eigenvalue weighted by atomic mass is 9.79. The first-order valence-corrected chi connectivity index (χ1v) is 9.82. The zero-order valence-corrected chi connectivity index (χ0v) is 11.6. The molecule has 0 unspecified atom stereocenters. The molecule has 2 nitrogen and oxygen atoms in total. The Hall–Kier alpha value is -0.0631. The summed E-state index contributed by atoms with van der Waals surface area (Å²) in [6.07, 6.45) is 3.27. The monoisotopic (exact) mass is 242 g/mol. The van der Waals surface area contributed by atoms with Gasteiger partial charge in [0.1, 0.15) is 4.93 Å². The first-order chi connectivity index (χ1) is 6.85. The fourth-order valence-corrected chi connectivity index (χ4v) is 5.90. The molecule has 1 fully saturated rings. The van der Waals surface area contributed by atoms with E-state index in [0.29, 0.717) is 5.92 Å². The largest absolute Gasteiger partial charge is 0.399 e. The Labute approximate surface area is 96.6 Å². The predicted molar refractivity (Wildman–Crippen MR) is 66.5 cm³/mol. The summed E-state index contributed by atoms with van der Waals surface area (Å²) in [6.45, 7) is 8.21. The predicted octanol–water partition coefficient (Wildman–Crippen LogP) is 2.82. The summed E-state index contributed by atoms with van der Waals surface area (Å²) in [5.74, 6) is 1.77. The lowest BCUT2D eigenvalue weighted by molar-refractivity contribution is -0.115. The van der Waals surface area contributed by atoms with Gasteiger partial charge in [-0.05, 0) is 38.7 Å². The lowest BCUT2D eigenvalue weighted by Crippen LogP contribution is -2.51. The third-order valence-corrected chi connectivity index (χ3v) is 5.37. The van der Waals surface area contributed by atoms with Gasteiger partial charge in [0, 0.05) is 11.5 Å². The number of fused-ring (bicyclic) bond motifs is 1. The lowest BCUT2D eigenvalue weighted by Gasteiger charge is -2.46. The fraction of sp³-hybridized carbons (Fsp3) is 0.727. The van der Waals surface area contributed by atoms with Crippen molar-refractivity contribution < 1.29 is 9.22 Å². The van der Waals surface area contributed by atoms with E-state index in [-0.39, 0.29) is 10.7 Å². The molecule has 0 amide bonds. The maximum atomic E-state index is 11.5. The molecule has 1 aliphatic heterocycles. The Bertz CT molecular complexity index is 332. The molecule has 0 radical (unpaired) electrons. The van der Waals surface area contributed by atoms with Crippen molar-refractivity contribution in [3.05, 3.63) is 11.6 Å². The normalized spacial score (nSPS) is 34.4. The minimum atomic E-state index is -1.59. The van der Waals surface area contributed by atoms with E-state index in [0.717, 1.165) is 17.7 Å². The quantitative estimate of drug-likeness (QED) is 0.712. The van der Waals surface area contributed by atoms with Crippen molar-refractivity contribution >= 4 is 25.9 Å². The third kappa shape index (κ3) is 1.83. The van der Waals surface area contributed by atoms with Crippen LogP contribution in [0.5, 0.6) is 0 Å². The van der Waals surface area contributed by atoms with E-state index < -0.39 is 8.32 Å². The molecule has 15 heavy (non-hydrogen) atoms. The van der Waals surface area contributed by atoms with Crippen molar-refractivity contribution in [3.63, 3.8) is 0 Å². The molecule has 0 bridgehead atoms. The number of rotatable bonds is 3. The van der Waals surface area contributed by atoms with Gasteiger partial charge in [0.15, 0.2) is 14.1 Å². The van der Waals surface area contributed by atoms with Crippen LogP contribution in [0.2, 0.25) is 19.6 Å². The van der Waals surface area contributed by atoms with E-state index in [9.17, 15) is 4.79 Å². The van der Waals surface area contributed by atoms with Gasteiger partial charge in [0.2, 0.25) is 0 Å². The van der Waals surface area contributed by atoms with Gasteiger partial charge in [0.05, 0.1) is 0 Å². The molecule has 84 valence electrons. The number of carbonyl (C=O) groups excluding carboxylic acids is 1. The van der Waals surface area contributed by atoms with Crippen LogP contribution >= 0.6 is 11.8 Å². The van der Waals surface area contributed by atoms with Gasteiger partial charge < -0.3 is 4.43 Å². The summed E-state index contributed by atoms with van der Waals surface area (Å²) in [4.78, 5) is 11.3. The van der Waals surface area contributed by atoms with Gasteiger partial charge in [-0.25, -0.2) is 0 Å².